The summed E-state index contributed by atoms with van der Waals surface area (Å²) in [6.45, 7) is 0.139. The highest BCUT2D eigenvalue weighted by Crippen LogP contribution is 2.40. The van der Waals surface area contributed by atoms with Crippen LogP contribution in [0.5, 0.6) is 0 Å². The van der Waals surface area contributed by atoms with Crippen molar-refractivity contribution >= 4 is 22.8 Å². The first-order valence-corrected chi connectivity index (χ1v) is 8.94. The minimum atomic E-state index is -2.07. The first-order chi connectivity index (χ1) is 13.4. The number of carbonyl (C=O) groups is 1. The Morgan fingerprint density at radius 1 is 1.50 bits per heavy atom. The number of hydrogen-bond donors (Lipinski definition) is 4. The van der Waals surface area contributed by atoms with Gasteiger partial charge in [-0.1, -0.05) is 5.92 Å². The fourth-order valence-corrected chi connectivity index (χ4v) is 4.03. The number of primary amides is 1. The molecule has 0 aliphatic carbocycles. The lowest BCUT2D eigenvalue weighted by molar-refractivity contribution is -0.119. The standard InChI is InChI=1S/C18H21N5O5/c1-2-18(27)14(25)12(8-24)28-17(18)23-9-21-13-10(5-6-20-16(13)23)22-7-3-4-11(22)15(19)26/h1,5-6,9,11-12,14,17,24-25,27H,3-4,7-8H2,(H2,19,26)/t11?,12-,14-,17-,18-/m1/s1. The van der Waals surface area contributed by atoms with Gasteiger partial charge in [-0.2, -0.15) is 0 Å². The molecule has 4 heterocycles. The molecular formula is C18H21N5O5. The molecule has 0 radical (unpaired) electrons. The number of aliphatic hydroxyl groups is 3. The fourth-order valence-electron chi connectivity index (χ4n) is 4.03. The quantitative estimate of drug-likeness (QED) is 0.464. The third-order valence-electron chi connectivity index (χ3n) is 5.48. The van der Waals surface area contributed by atoms with Crippen molar-refractivity contribution in [3.05, 3.63) is 18.6 Å². The molecule has 2 saturated heterocycles. The smallest absolute Gasteiger partial charge is 0.240 e. The normalized spacial score (nSPS) is 32.7. The van der Waals surface area contributed by atoms with Crippen LogP contribution >= 0.6 is 0 Å². The summed E-state index contributed by atoms with van der Waals surface area (Å²) in [5.41, 5.74) is 4.99. The van der Waals surface area contributed by atoms with Crippen molar-refractivity contribution in [1.82, 2.24) is 14.5 Å². The lowest BCUT2D eigenvalue weighted by Crippen LogP contribution is -2.45. The summed E-state index contributed by atoms with van der Waals surface area (Å²) in [4.78, 5) is 22.4. The Balaban J connectivity index is 1.79. The van der Waals surface area contributed by atoms with E-state index in [1.54, 1.807) is 12.3 Å². The van der Waals surface area contributed by atoms with E-state index in [-0.39, 0.29) is 0 Å². The zero-order valence-electron chi connectivity index (χ0n) is 15.0. The molecule has 4 rings (SSSR count). The molecule has 28 heavy (non-hydrogen) atoms. The van der Waals surface area contributed by atoms with E-state index in [1.165, 1.54) is 10.9 Å². The van der Waals surface area contributed by atoms with Crippen molar-refractivity contribution in [1.29, 1.82) is 0 Å². The molecule has 10 heteroatoms. The molecule has 2 fully saturated rings. The highest BCUT2D eigenvalue weighted by atomic mass is 16.6. The molecule has 1 unspecified atom stereocenters. The SMILES string of the molecule is C#C[C@@]1(O)[C@H](O)[C@@H](CO)O[C@H]1n1cnc2c(N3CCCC3C(N)=O)ccnc21. The number of anilines is 1. The summed E-state index contributed by atoms with van der Waals surface area (Å²) in [6.07, 6.45) is 6.17. The van der Waals surface area contributed by atoms with Crippen molar-refractivity contribution in [2.75, 3.05) is 18.1 Å². The van der Waals surface area contributed by atoms with Crippen LogP contribution in [0.25, 0.3) is 11.2 Å². The maximum atomic E-state index is 11.8. The number of nitrogens with zero attached hydrogens (tertiary/aromatic N) is 4. The molecule has 0 bridgehead atoms. The maximum Gasteiger partial charge on any atom is 0.240 e. The van der Waals surface area contributed by atoms with E-state index in [0.29, 0.717) is 29.8 Å². The third-order valence-corrected chi connectivity index (χ3v) is 5.48. The number of terminal acetylenes is 1. The Kier molecular flexibility index (Phi) is 4.47. The molecule has 0 aromatic carbocycles. The minimum Gasteiger partial charge on any atom is -0.394 e. The molecular weight excluding hydrogens is 366 g/mol. The van der Waals surface area contributed by atoms with Crippen LogP contribution in [0.3, 0.4) is 0 Å². The summed E-state index contributed by atoms with van der Waals surface area (Å²) in [7, 11) is 0. The molecule has 2 aromatic heterocycles. The summed E-state index contributed by atoms with van der Waals surface area (Å²) in [5.74, 6) is 1.76. The number of hydrogen-bond acceptors (Lipinski definition) is 8. The van der Waals surface area contributed by atoms with Gasteiger partial charge in [0.1, 0.15) is 23.8 Å². The fraction of sp³-hybridized carbons (Fsp3) is 0.500. The number of fused-ring (bicyclic) bond motifs is 1. The largest absolute Gasteiger partial charge is 0.394 e. The van der Waals surface area contributed by atoms with Gasteiger partial charge >= 0.3 is 0 Å². The molecule has 5 atom stereocenters. The summed E-state index contributed by atoms with van der Waals surface area (Å²) >= 11 is 0. The number of aliphatic hydroxyl groups excluding tert-OH is 2. The maximum absolute atomic E-state index is 11.8. The van der Waals surface area contributed by atoms with E-state index in [9.17, 15) is 20.1 Å². The van der Waals surface area contributed by atoms with Crippen LogP contribution in [0.4, 0.5) is 5.69 Å². The van der Waals surface area contributed by atoms with Gasteiger partial charge in [-0.25, -0.2) is 9.97 Å². The molecule has 1 amide bonds. The predicted molar refractivity (Wildman–Crippen MR) is 97.9 cm³/mol. The number of aromatic nitrogens is 3. The van der Waals surface area contributed by atoms with Crippen LogP contribution < -0.4 is 10.6 Å². The van der Waals surface area contributed by atoms with E-state index >= 15 is 0 Å². The van der Waals surface area contributed by atoms with Crippen molar-refractivity contribution in [2.24, 2.45) is 5.73 Å². The second kappa shape index (κ2) is 6.72. The van der Waals surface area contributed by atoms with E-state index in [4.69, 9.17) is 16.9 Å². The van der Waals surface area contributed by atoms with Crippen LogP contribution in [-0.4, -0.2) is 72.8 Å². The number of nitrogens with two attached hydrogens (primary N) is 1. The van der Waals surface area contributed by atoms with Gasteiger partial charge in [0.25, 0.3) is 0 Å². The molecule has 0 spiro atoms. The average molecular weight is 387 g/mol. The minimum absolute atomic E-state index is 0.358. The number of ether oxygens (including phenoxy) is 1. The van der Waals surface area contributed by atoms with E-state index in [1.807, 2.05) is 4.90 Å². The van der Waals surface area contributed by atoms with Gasteiger partial charge in [0.15, 0.2) is 17.5 Å². The van der Waals surface area contributed by atoms with Crippen LogP contribution in [0.15, 0.2) is 18.6 Å². The predicted octanol–water partition coefficient (Wildman–Crippen LogP) is -1.50. The average Bonchev–Trinajstić information content (AvgIpc) is 3.39. The number of amides is 1. The molecule has 2 aliphatic heterocycles. The van der Waals surface area contributed by atoms with Gasteiger partial charge in [0.05, 0.1) is 18.6 Å². The van der Waals surface area contributed by atoms with Crippen LogP contribution in [-0.2, 0) is 9.53 Å². The van der Waals surface area contributed by atoms with Crippen LogP contribution in [0, 0.1) is 12.3 Å². The molecule has 148 valence electrons. The van der Waals surface area contributed by atoms with Gasteiger partial charge in [-0.15, -0.1) is 6.42 Å². The van der Waals surface area contributed by atoms with Gasteiger partial charge in [-0.3, -0.25) is 9.36 Å². The zero-order chi connectivity index (χ0) is 20.1. The van der Waals surface area contributed by atoms with Crippen molar-refractivity contribution in [3.8, 4) is 12.3 Å². The monoisotopic (exact) mass is 387 g/mol. The Hall–Kier alpha value is -2.71. The Morgan fingerprint density at radius 3 is 2.96 bits per heavy atom. The highest BCUT2D eigenvalue weighted by molar-refractivity contribution is 5.91. The van der Waals surface area contributed by atoms with Crippen molar-refractivity contribution in [3.63, 3.8) is 0 Å². The molecule has 2 aromatic rings. The molecule has 0 saturated carbocycles. The van der Waals surface area contributed by atoms with Gasteiger partial charge in [0, 0.05) is 12.7 Å². The van der Waals surface area contributed by atoms with Gasteiger partial charge in [0.2, 0.25) is 5.91 Å². The Labute approximate surface area is 160 Å². The topological polar surface area (TPSA) is 147 Å². The number of imidazole rings is 1. The summed E-state index contributed by atoms with van der Waals surface area (Å²) in [5, 5.41) is 30.5. The lowest BCUT2D eigenvalue weighted by atomic mass is 9.95. The molecule has 5 N–H and O–H groups in total. The number of pyridine rings is 1. The molecule has 10 nitrogen and oxygen atoms in total. The zero-order valence-corrected chi connectivity index (χ0v) is 15.0. The van der Waals surface area contributed by atoms with E-state index in [2.05, 4.69) is 15.9 Å². The Morgan fingerprint density at radius 2 is 2.29 bits per heavy atom. The van der Waals surface area contributed by atoms with Crippen LogP contribution in [0.2, 0.25) is 0 Å². The third kappa shape index (κ3) is 2.56. The highest BCUT2D eigenvalue weighted by Gasteiger charge is 2.55. The first kappa shape index (κ1) is 18.6. The van der Waals surface area contributed by atoms with Crippen molar-refractivity contribution in [2.45, 2.75) is 42.9 Å². The van der Waals surface area contributed by atoms with Gasteiger partial charge in [-0.05, 0) is 18.9 Å². The first-order valence-electron chi connectivity index (χ1n) is 8.94. The number of rotatable bonds is 4. The Bertz CT molecular complexity index is 955. The lowest BCUT2D eigenvalue weighted by Gasteiger charge is -2.26. The second-order valence-electron chi connectivity index (χ2n) is 7.03. The second-order valence-corrected chi connectivity index (χ2v) is 7.03. The van der Waals surface area contributed by atoms with Crippen molar-refractivity contribution < 1.29 is 24.9 Å². The summed E-state index contributed by atoms with van der Waals surface area (Å²) in [6, 6.07) is 1.32. The van der Waals surface area contributed by atoms with E-state index < -0.39 is 42.6 Å². The summed E-state index contributed by atoms with van der Waals surface area (Å²) < 4.78 is 7.03. The number of carbonyl (C=O) groups excluding carboxylic acids is 1. The molecule has 2 aliphatic rings. The van der Waals surface area contributed by atoms with Crippen LogP contribution in [0.1, 0.15) is 19.1 Å². The van der Waals surface area contributed by atoms with Gasteiger partial charge < -0.3 is 30.7 Å². The van der Waals surface area contributed by atoms with E-state index in [0.717, 1.165) is 6.42 Å².